The highest BCUT2D eigenvalue weighted by atomic mass is 19.1. The Hall–Kier alpha value is -1.95. The van der Waals surface area contributed by atoms with E-state index in [9.17, 15) is 4.39 Å². The lowest BCUT2D eigenvalue weighted by Crippen LogP contribution is -1.88. The smallest absolute Gasteiger partial charge is 0.125 e. The van der Waals surface area contributed by atoms with E-state index >= 15 is 0 Å². The van der Waals surface area contributed by atoms with Gasteiger partial charge < -0.3 is 0 Å². The van der Waals surface area contributed by atoms with Gasteiger partial charge in [-0.2, -0.15) is 5.26 Å². The maximum atomic E-state index is 13.1. The Kier molecular flexibility index (Phi) is 3.96. The van der Waals surface area contributed by atoms with Gasteiger partial charge in [-0.1, -0.05) is 13.8 Å². The summed E-state index contributed by atoms with van der Waals surface area (Å²) in [5, 5.41) is 10.3. The summed E-state index contributed by atoms with van der Waals surface area (Å²) >= 11 is 0. The number of nitriles is 1. The Labute approximate surface area is 94.4 Å². The number of aryl methyl sites for hydroxylation is 1. The van der Waals surface area contributed by atoms with Crippen LogP contribution in [-0.2, 0) is 0 Å². The molecule has 2 rings (SSSR count). The number of hydrogen-bond donors (Lipinski definition) is 0. The monoisotopic (exact) mass is 216 g/mol. The van der Waals surface area contributed by atoms with Crippen molar-refractivity contribution in [1.82, 2.24) is 4.98 Å². The zero-order valence-corrected chi connectivity index (χ0v) is 9.58. The van der Waals surface area contributed by atoms with E-state index < -0.39 is 5.82 Å². The summed E-state index contributed by atoms with van der Waals surface area (Å²) in [6.07, 6.45) is 1.62. The first-order valence-corrected chi connectivity index (χ1v) is 5.17. The van der Waals surface area contributed by atoms with E-state index in [1.54, 1.807) is 19.2 Å². The zero-order valence-electron chi connectivity index (χ0n) is 9.58. The molecule has 0 saturated carbocycles. The van der Waals surface area contributed by atoms with Crippen molar-refractivity contribution in [3.8, 4) is 6.07 Å². The fourth-order valence-corrected chi connectivity index (χ4v) is 1.48. The Morgan fingerprint density at radius 3 is 2.56 bits per heavy atom. The van der Waals surface area contributed by atoms with Gasteiger partial charge in [0.25, 0.3) is 0 Å². The number of fused-ring (bicyclic) bond motifs is 1. The van der Waals surface area contributed by atoms with Crippen LogP contribution in [0.1, 0.15) is 25.1 Å². The van der Waals surface area contributed by atoms with E-state index in [4.69, 9.17) is 5.26 Å². The Balaban J connectivity index is 0.000000606. The topological polar surface area (TPSA) is 36.7 Å². The number of aromatic nitrogens is 1. The van der Waals surface area contributed by atoms with Crippen molar-refractivity contribution in [2.75, 3.05) is 0 Å². The van der Waals surface area contributed by atoms with E-state index in [-0.39, 0.29) is 0 Å². The van der Waals surface area contributed by atoms with Crippen LogP contribution in [0, 0.1) is 24.1 Å². The maximum absolute atomic E-state index is 13.1. The van der Waals surface area contributed by atoms with Gasteiger partial charge in [-0.05, 0) is 25.1 Å². The molecular formula is C13H13FN2. The van der Waals surface area contributed by atoms with Crippen molar-refractivity contribution < 1.29 is 4.39 Å². The average Bonchev–Trinajstić information content (AvgIpc) is 2.32. The van der Waals surface area contributed by atoms with Gasteiger partial charge in [0.05, 0.1) is 11.6 Å². The molecule has 0 aliphatic carbocycles. The molecule has 1 aromatic carbocycles. The first kappa shape index (κ1) is 12.1. The minimum Gasteiger partial charge on any atom is -0.261 e. The second-order valence-electron chi connectivity index (χ2n) is 3.06. The second-order valence-corrected chi connectivity index (χ2v) is 3.06. The number of rotatable bonds is 0. The Morgan fingerprint density at radius 2 is 1.94 bits per heavy atom. The van der Waals surface area contributed by atoms with Crippen molar-refractivity contribution in [1.29, 1.82) is 5.26 Å². The van der Waals surface area contributed by atoms with Crippen LogP contribution >= 0.6 is 0 Å². The highest BCUT2D eigenvalue weighted by Gasteiger charge is 2.05. The molecule has 0 aliphatic heterocycles. The van der Waals surface area contributed by atoms with Gasteiger partial charge in [0, 0.05) is 22.7 Å². The zero-order chi connectivity index (χ0) is 12.1. The van der Waals surface area contributed by atoms with Crippen LogP contribution < -0.4 is 0 Å². The van der Waals surface area contributed by atoms with Crippen LogP contribution in [0.2, 0.25) is 0 Å². The molecule has 0 bridgehead atoms. The van der Waals surface area contributed by atoms with Gasteiger partial charge in [-0.25, -0.2) is 4.39 Å². The summed E-state index contributed by atoms with van der Waals surface area (Å²) < 4.78 is 13.1. The van der Waals surface area contributed by atoms with E-state index in [0.717, 1.165) is 11.1 Å². The molecule has 1 aromatic heterocycles. The predicted molar refractivity (Wildman–Crippen MR) is 62.5 cm³/mol. The fourth-order valence-electron chi connectivity index (χ4n) is 1.48. The third-order valence-electron chi connectivity index (χ3n) is 2.16. The lowest BCUT2D eigenvalue weighted by atomic mass is 10.1. The van der Waals surface area contributed by atoms with Crippen LogP contribution in [0.25, 0.3) is 10.8 Å². The normalized spacial score (nSPS) is 9.19. The number of halogens is 1. The summed E-state index contributed by atoms with van der Waals surface area (Å²) in [4.78, 5) is 4.05. The van der Waals surface area contributed by atoms with Gasteiger partial charge in [-0.15, -0.1) is 0 Å². The van der Waals surface area contributed by atoms with Crippen LogP contribution in [-0.4, -0.2) is 4.98 Å². The van der Waals surface area contributed by atoms with Crippen LogP contribution in [0.3, 0.4) is 0 Å². The van der Waals surface area contributed by atoms with Crippen molar-refractivity contribution in [3.63, 3.8) is 0 Å². The van der Waals surface area contributed by atoms with Crippen LogP contribution in [0.4, 0.5) is 4.39 Å². The summed E-state index contributed by atoms with van der Waals surface area (Å²) in [5.41, 5.74) is 1.09. The number of hydrogen-bond acceptors (Lipinski definition) is 2. The van der Waals surface area contributed by atoms with Gasteiger partial charge in [0.2, 0.25) is 0 Å². The van der Waals surface area contributed by atoms with Gasteiger partial charge >= 0.3 is 0 Å². The molecule has 0 aliphatic rings. The van der Waals surface area contributed by atoms with Gasteiger partial charge in [0.15, 0.2) is 0 Å². The first-order chi connectivity index (χ1) is 7.72. The molecule has 1 heterocycles. The summed E-state index contributed by atoms with van der Waals surface area (Å²) in [7, 11) is 0. The first-order valence-electron chi connectivity index (χ1n) is 5.17. The molecule has 2 nitrogen and oxygen atoms in total. The highest BCUT2D eigenvalue weighted by molar-refractivity contribution is 5.89. The largest absolute Gasteiger partial charge is 0.261 e. The van der Waals surface area contributed by atoms with Crippen LogP contribution in [0.15, 0.2) is 24.4 Å². The van der Waals surface area contributed by atoms with E-state index in [2.05, 4.69) is 4.98 Å². The van der Waals surface area contributed by atoms with Gasteiger partial charge in [-0.3, -0.25) is 4.98 Å². The van der Waals surface area contributed by atoms with E-state index in [1.807, 2.05) is 19.9 Å². The number of nitrogens with zero attached hydrogens (tertiary/aromatic N) is 2. The highest BCUT2D eigenvalue weighted by Crippen LogP contribution is 2.21. The summed E-state index contributed by atoms with van der Waals surface area (Å²) in [6, 6.07) is 6.33. The van der Waals surface area contributed by atoms with Crippen LogP contribution in [0.5, 0.6) is 0 Å². The molecule has 0 unspecified atom stereocenters. The van der Waals surface area contributed by atoms with Gasteiger partial charge in [0.1, 0.15) is 5.82 Å². The molecule has 0 radical (unpaired) electrons. The predicted octanol–water partition coefficient (Wildman–Crippen LogP) is 3.58. The Morgan fingerprint density at radius 1 is 1.25 bits per heavy atom. The lowest BCUT2D eigenvalue weighted by Gasteiger charge is -2.02. The molecule has 0 fully saturated rings. The van der Waals surface area contributed by atoms with Crippen molar-refractivity contribution >= 4 is 10.8 Å². The molecule has 0 atom stereocenters. The quantitative estimate of drug-likeness (QED) is 0.674. The maximum Gasteiger partial charge on any atom is 0.125 e. The molecule has 2 aromatic rings. The average molecular weight is 216 g/mol. The third-order valence-corrected chi connectivity index (χ3v) is 2.16. The fraction of sp³-hybridized carbons (Fsp3) is 0.231. The molecule has 0 spiro atoms. The van der Waals surface area contributed by atoms with Crippen molar-refractivity contribution in [2.24, 2.45) is 0 Å². The Bertz CT molecular complexity index is 541. The second kappa shape index (κ2) is 5.22. The van der Waals surface area contributed by atoms with Crippen molar-refractivity contribution in [3.05, 3.63) is 41.5 Å². The minimum absolute atomic E-state index is 0.352. The number of benzene rings is 1. The molecule has 0 N–H and O–H groups in total. The molecule has 0 saturated heterocycles. The third kappa shape index (κ3) is 2.17. The molecule has 3 heteroatoms. The van der Waals surface area contributed by atoms with E-state index in [0.29, 0.717) is 10.9 Å². The van der Waals surface area contributed by atoms with E-state index in [1.165, 1.54) is 12.1 Å². The molecule has 0 amide bonds. The lowest BCUT2D eigenvalue weighted by molar-refractivity contribution is 0.629. The SMILES string of the molecule is CC.Cc1nccc2c(C#N)cc(F)cc12. The van der Waals surface area contributed by atoms with Crippen molar-refractivity contribution in [2.45, 2.75) is 20.8 Å². The number of pyridine rings is 1. The standard InChI is InChI=1S/C11H7FN2.C2H6/c1-7-11-5-9(12)4-8(6-13)10(11)2-3-14-7;1-2/h2-5H,1H3;1-2H3. The summed E-state index contributed by atoms with van der Waals surface area (Å²) in [6.45, 7) is 5.79. The minimum atomic E-state index is -0.398. The molecule has 16 heavy (non-hydrogen) atoms. The molecule has 82 valence electrons. The molecular weight excluding hydrogens is 203 g/mol. The summed E-state index contributed by atoms with van der Waals surface area (Å²) in [5.74, 6) is -0.398.